The van der Waals surface area contributed by atoms with Crippen molar-refractivity contribution in [2.24, 2.45) is 11.0 Å². The second-order valence-corrected chi connectivity index (χ2v) is 6.40. The predicted octanol–water partition coefficient (Wildman–Crippen LogP) is 2.62. The van der Waals surface area contributed by atoms with Crippen molar-refractivity contribution in [1.82, 2.24) is 5.01 Å². The SMILES string of the molecule is Cc1cc(C(=O)N2N=C(C3CC3)C[C@]2(O)C(F)F)cs1. The number of alkyl halides is 2. The highest BCUT2D eigenvalue weighted by molar-refractivity contribution is 7.10. The molecule has 0 aromatic carbocycles. The molecule has 2 aliphatic rings. The molecule has 1 aromatic heterocycles. The third-order valence-electron chi connectivity index (χ3n) is 3.60. The van der Waals surface area contributed by atoms with Crippen LogP contribution in [0.1, 0.15) is 34.5 Å². The van der Waals surface area contributed by atoms with Gasteiger partial charge in [0.1, 0.15) is 0 Å². The molecule has 1 atom stereocenters. The Morgan fingerprint density at radius 2 is 2.30 bits per heavy atom. The summed E-state index contributed by atoms with van der Waals surface area (Å²) in [6.07, 6.45) is -1.54. The Morgan fingerprint density at radius 3 is 2.80 bits per heavy atom. The van der Waals surface area contributed by atoms with Gasteiger partial charge in [0.25, 0.3) is 12.3 Å². The number of rotatable bonds is 3. The number of hydrazone groups is 1. The van der Waals surface area contributed by atoms with Crippen LogP contribution >= 0.6 is 11.3 Å². The molecular formula is C13H14F2N2O2S. The minimum absolute atomic E-state index is 0.141. The predicted molar refractivity (Wildman–Crippen MR) is 71.0 cm³/mol. The first kappa shape index (κ1) is 13.6. The molecule has 1 aliphatic heterocycles. The second-order valence-electron chi connectivity index (χ2n) is 5.28. The van der Waals surface area contributed by atoms with Gasteiger partial charge in [-0.1, -0.05) is 0 Å². The summed E-state index contributed by atoms with van der Waals surface area (Å²) < 4.78 is 26.4. The molecule has 0 bridgehead atoms. The lowest BCUT2D eigenvalue weighted by Gasteiger charge is -2.29. The van der Waals surface area contributed by atoms with Crippen LogP contribution < -0.4 is 0 Å². The first-order valence-electron chi connectivity index (χ1n) is 6.39. The van der Waals surface area contributed by atoms with E-state index in [1.54, 1.807) is 11.4 Å². The van der Waals surface area contributed by atoms with E-state index in [2.05, 4.69) is 5.10 Å². The maximum absolute atomic E-state index is 13.2. The average Bonchev–Trinajstić information content (AvgIpc) is 3.05. The molecular weight excluding hydrogens is 286 g/mol. The summed E-state index contributed by atoms with van der Waals surface area (Å²) in [7, 11) is 0. The third kappa shape index (κ3) is 2.14. The largest absolute Gasteiger partial charge is 0.364 e. The van der Waals surface area contributed by atoms with Crippen LogP contribution in [0.4, 0.5) is 8.78 Å². The molecule has 1 aromatic rings. The van der Waals surface area contributed by atoms with Crippen molar-refractivity contribution in [3.8, 4) is 0 Å². The summed E-state index contributed by atoms with van der Waals surface area (Å²) >= 11 is 1.35. The van der Waals surface area contributed by atoms with Gasteiger partial charge in [-0.25, -0.2) is 8.78 Å². The number of carbonyl (C=O) groups excluding carboxylic acids is 1. The highest BCUT2D eigenvalue weighted by Gasteiger charge is 2.54. The van der Waals surface area contributed by atoms with E-state index in [0.717, 1.165) is 17.7 Å². The van der Waals surface area contributed by atoms with E-state index in [9.17, 15) is 18.7 Å². The summed E-state index contributed by atoms with van der Waals surface area (Å²) in [5.41, 5.74) is -1.72. The van der Waals surface area contributed by atoms with Crippen molar-refractivity contribution < 1.29 is 18.7 Å². The zero-order chi connectivity index (χ0) is 14.5. The topological polar surface area (TPSA) is 52.9 Å². The van der Waals surface area contributed by atoms with Crippen LogP contribution in [0.25, 0.3) is 0 Å². The summed E-state index contributed by atoms with van der Waals surface area (Å²) in [6.45, 7) is 1.82. The fourth-order valence-electron chi connectivity index (χ4n) is 2.30. The van der Waals surface area contributed by atoms with E-state index >= 15 is 0 Å². The second kappa shape index (κ2) is 4.60. The van der Waals surface area contributed by atoms with Gasteiger partial charge in [0.05, 0.1) is 5.56 Å². The van der Waals surface area contributed by atoms with Gasteiger partial charge in [0.2, 0.25) is 5.72 Å². The highest BCUT2D eigenvalue weighted by Crippen LogP contribution is 2.41. The Morgan fingerprint density at radius 1 is 1.60 bits per heavy atom. The van der Waals surface area contributed by atoms with Crippen LogP contribution in [0, 0.1) is 12.8 Å². The minimum Gasteiger partial charge on any atom is -0.364 e. The molecule has 4 nitrogen and oxygen atoms in total. The van der Waals surface area contributed by atoms with Gasteiger partial charge in [-0.2, -0.15) is 10.1 Å². The standard InChI is InChI=1S/C13H14F2N2O2S/c1-7-4-9(6-20-7)11(18)17-13(19,12(14)15)5-10(16-17)8-2-3-8/h4,6,8,12,19H,2-3,5H2,1H3/t13-/m0/s1. The lowest BCUT2D eigenvalue weighted by Crippen LogP contribution is -2.51. The van der Waals surface area contributed by atoms with Gasteiger partial charge in [-0.15, -0.1) is 11.3 Å². The summed E-state index contributed by atoms with van der Waals surface area (Å²) in [5.74, 6) is -0.532. The highest BCUT2D eigenvalue weighted by atomic mass is 32.1. The Kier molecular flexibility index (Phi) is 3.13. The number of nitrogens with zero attached hydrogens (tertiary/aromatic N) is 2. The van der Waals surface area contributed by atoms with E-state index in [4.69, 9.17) is 0 Å². The van der Waals surface area contributed by atoms with E-state index in [1.807, 2.05) is 6.92 Å². The van der Waals surface area contributed by atoms with Gasteiger partial charge in [-0.05, 0) is 31.7 Å². The van der Waals surface area contributed by atoms with Gasteiger partial charge in [-0.3, -0.25) is 4.79 Å². The molecule has 1 amide bonds. The molecule has 0 spiro atoms. The maximum atomic E-state index is 13.2. The van der Waals surface area contributed by atoms with Crippen molar-refractivity contribution >= 4 is 23.0 Å². The van der Waals surface area contributed by atoms with E-state index in [0.29, 0.717) is 10.7 Å². The van der Waals surface area contributed by atoms with Crippen molar-refractivity contribution in [3.05, 3.63) is 21.9 Å². The smallest absolute Gasteiger partial charge is 0.287 e. The molecule has 0 unspecified atom stereocenters. The van der Waals surface area contributed by atoms with E-state index < -0.39 is 18.1 Å². The zero-order valence-corrected chi connectivity index (χ0v) is 11.7. The molecule has 1 fully saturated rings. The van der Waals surface area contributed by atoms with Crippen LogP contribution in [0.2, 0.25) is 0 Å². The number of thiophene rings is 1. The fraction of sp³-hybridized carbons (Fsp3) is 0.538. The number of halogens is 2. The molecule has 1 aliphatic carbocycles. The lowest BCUT2D eigenvalue weighted by molar-refractivity contribution is -0.164. The molecule has 0 radical (unpaired) electrons. The van der Waals surface area contributed by atoms with Gasteiger partial charge in [0, 0.05) is 22.4 Å². The fourth-order valence-corrected chi connectivity index (χ4v) is 2.98. The average molecular weight is 300 g/mol. The van der Waals surface area contributed by atoms with Crippen LogP contribution in [0.5, 0.6) is 0 Å². The van der Waals surface area contributed by atoms with Crippen molar-refractivity contribution in [3.63, 3.8) is 0 Å². The Balaban J connectivity index is 1.93. The molecule has 1 N–H and O–H groups in total. The number of hydrogen-bond donors (Lipinski definition) is 1. The summed E-state index contributed by atoms with van der Waals surface area (Å²) in [6, 6.07) is 1.61. The number of carbonyl (C=O) groups is 1. The van der Waals surface area contributed by atoms with Crippen LogP contribution in [-0.2, 0) is 0 Å². The molecule has 0 saturated heterocycles. The first-order chi connectivity index (χ1) is 9.41. The van der Waals surface area contributed by atoms with Crippen molar-refractivity contribution in [2.75, 3.05) is 0 Å². The van der Waals surface area contributed by atoms with E-state index in [1.165, 1.54) is 11.3 Å². The Hall–Kier alpha value is -1.34. The van der Waals surface area contributed by atoms with Gasteiger partial charge in [0.15, 0.2) is 0 Å². The monoisotopic (exact) mass is 300 g/mol. The number of hydrogen-bond acceptors (Lipinski definition) is 4. The minimum atomic E-state index is -3.05. The van der Waals surface area contributed by atoms with Crippen LogP contribution in [0.3, 0.4) is 0 Å². The molecule has 1 saturated carbocycles. The molecule has 3 rings (SSSR count). The lowest BCUT2D eigenvalue weighted by atomic mass is 10.0. The van der Waals surface area contributed by atoms with Gasteiger partial charge < -0.3 is 5.11 Å². The quantitative estimate of drug-likeness (QED) is 0.933. The zero-order valence-electron chi connectivity index (χ0n) is 10.8. The number of aliphatic hydroxyl groups is 1. The van der Waals surface area contributed by atoms with Crippen LogP contribution in [-0.4, -0.2) is 33.9 Å². The summed E-state index contributed by atoms with van der Waals surface area (Å²) in [5, 5.41) is 16.3. The van der Waals surface area contributed by atoms with Crippen LogP contribution in [0.15, 0.2) is 16.5 Å². The Labute approximate surface area is 118 Å². The number of aryl methyl sites for hydroxylation is 1. The molecule has 108 valence electrons. The molecule has 2 heterocycles. The number of amides is 1. The Bertz CT molecular complexity index is 583. The molecule has 7 heteroatoms. The van der Waals surface area contributed by atoms with Crippen molar-refractivity contribution in [1.29, 1.82) is 0 Å². The third-order valence-corrected chi connectivity index (χ3v) is 4.47. The maximum Gasteiger partial charge on any atom is 0.287 e. The normalized spacial score (nSPS) is 26.2. The summed E-state index contributed by atoms with van der Waals surface area (Å²) in [4.78, 5) is 13.2. The molecule has 20 heavy (non-hydrogen) atoms. The van der Waals surface area contributed by atoms with Crippen molar-refractivity contribution in [2.45, 2.75) is 38.3 Å². The van der Waals surface area contributed by atoms with E-state index in [-0.39, 0.29) is 17.9 Å². The first-order valence-corrected chi connectivity index (χ1v) is 7.27. The van der Waals surface area contributed by atoms with Gasteiger partial charge >= 0.3 is 0 Å².